The largest absolute Gasteiger partial charge is 0.300 e. The van der Waals surface area contributed by atoms with Crippen LogP contribution < -0.4 is 0 Å². The summed E-state index contributed by atoms with van der Waals surface area (Å²) >= 11 is 3.41. The number of carbonyl (C=O) groups is 1. The average molecular weight is 268 g/mol. The normalized spacial score (nSPS) is 21.7. The lowest BCUT2D eigenvalue weighted by Gasteiger charge is -2.20. The van der Waals surface area contributed by atoms with E-state index in [4.69, 9.17) is 0 Å². The lowest BCUT2D eigenvalue weighted by molar-refractivity contribution is -0.121. The van der Waals surface area contributed by atoms with Gasteiger partial charge in [0.15, 0.2) is 0 Å². The first-order valence-electron chi connectivity index (χ1n) is 5.35. The van der Waals surface area contributed by atoms with Gasteiger partial charge >= 0.3 is 0 Å². The van der Waals surface area contributed by atoms with Gasteiger partial charge in [0.25, 0.3) is 0 Å². The highest BCUT2D eigenvalue weighted by Gasteiger charge is 2.19. The van der Waals surface area contributed by atoms with Gasteiger partial charge in [0, 0.05) is 29.7 Å². The number of nitrogens with zero attached hydrogens (tertiary/aromatic N) is 1. The van der Waals surface area contributed by atoms with Crippen LogP contribution in [0.4, 0.5) is 0 Å². The number of aromatic nitrogens is 1. The molecular weight excluding hydrogens is 254 g/mol. The molecule has 1 aromatic rings. The first kappa shape index (κ1) is 10.8. The van der Waals surface area contributed by atoms with E-state index in [-0.39, 0.29) is 0 Å². The molecule has 80 valence electrons. The molecule has 0 spiro atoms. The van der Waals surface area contributed by atoms with Gasteiger partial charge in [0.05, 0.1) is 0 Å². The van der Waals surface area contributed by atoms with Gasteiger partial charge in [0.2, 0.25) is 0 Å². The lowest BCUT2D eigenvalue weighted by atomic mass is 9.84. The van der Waals surface area contributed by atoms with Gasteiger partial charge in [-0.25, -0.2) is 0 Å². The minimum absolute atomic E-state index is 0.425. The number of halogens is 1. The molecule has 2 rings (SSSR count). The summed E-state index contributed by atoms with van der Waals surface area (Å²) in [5.41, 5.74) is 1.23. The number of rotatable bonds is 2. The van der Waals surface area contributed by atoms with Crippen LogP contribution >= 0.6 is 15.9 Å². The molecule has 0 bridgehead atoms. The highest BCUT2D eigenvalue weighted by atomic mass is 79.9. The Hall–Kier alpha value is -0.700. The van der Waals surface area contributed by atoms with E-state index in [0.29, 0.717) is 11.7 Å². The summed E-state index contributed by atoms with van der Waals surface area (Å²) < 4.78 is 1.02. The monoisotopic (exact) mass is 267 g/mol. The summed E-state index contributed by atoms with van der Waals surface area (Å²) in [6, 6.07) is 2.09. The molecule has 0 amide bonds. The van der Waals surface area contributed by atoms with Gasteiger partial charge in [-0.05, 0) is 52.7 Å². The van der Waals surface area contributed by atoms with Crippen molar-refractivity contribution in [2.75, 3.05) is 0 Å². The molecule has 2 nitrogen and oxygen atoms in total. The minimum atomic E-state index is 0.425. The highest BCUT2D eigenvalue weighted by molar-refractivity contribution is 9.10. The van der Waals surface area contributed by atoms with Gasteiger partial charge in [-0.2, -0.15) is 0 Å². The van der Waals surface area contributed by atoms with Crippen molar-refractivity contribution in [1.29, 1.82) is 0 Å². The zero-order valence-electron chi connectivity index (χ0n) is 8.58. The summed E-state index contributed by atoms with van der Waals surface area (Å²) in [4.78, 5) is 15.4. The second-order valence-corrected chi connectivity index (χ2v) is 5.13. The van der Waals surface area contributed by atoms with E-state index in [1.807, 2.05) is 6.20 Å². The molecule has 15 heavy (non-hydrogen) atoms. The van der Waals surface area contributed by atoms with E-state index in [2.05, 4.69) is 27.0 Å². The van der Waals surface area contributed by atoms with Crippen molar-refractivity contribution >= 4 is 21.7 Å². The zero-order chi connectivity index (χ0) is 10.7. The first-order valence-corrected chi connectivity index (χ1v) is 6.14. The molecule has 0 saturated heterocycles. The molecule has 0 aromatic carbocycles. The third-order valence-electron chi connectivity index (χ3n) is 2.87. The van der Waals surface area contributed by atoms with Crippen LogP contribution in [0.15, 0.2) is 22.9 Å². The van der Waals surface area contributed by atoms with Crippen molar-refractivity contribution in [3.05, 3.63) is 28.5 Å². The van der Waals surface area contributed by atoms with Gasteiger partial charge in [-0.15, -0.1) is 0 Å². The summed E-state index contributed by atoms with van der Waals surface area (Å²) in [6.07, 6.45) is 8.44. The Morgan fingerprint density at radius 2 is 2.33 bits per heavy atom. The predicted octanol–water partition coefficient (Wildman–Crippen LogP) is 3.15. The average Bonchev–Trinajstić information content (AvgIpc) is 2.17. The molecule has 1 saturated carbocycles. The van der Waals surface area contributed by atoms with Crippen molar-refractivity contribution in [1.82, 2.24) is 4.98 Å². The third-order valence-corrected chi connectivity index (χ3v) is 3.30. The van der Waals surface area contributed by atoms with Crippen LogP contribution in [0.5, 0.6) is 0 Å². The zero-order valence-corrected chi connectivity index (χ0v) is 10.2. The van der Waals surface area contributed by atoms with Crippen molar-refractivity contribution in [3.8, 4) is 0 Å². The van der Waals surface area contributed by atoms with Crippen LogP contribution in [0.2, 0.25) is 0 Å². The predicted molar refractivity (Wildman–Crippen MR) is 62.6 cm³/mol. The molecule has 1 aromatic heterocycles. The Kier molecular flexibility index (Phi) is 3.52. The Morgan fingerprint density at radius 3 is 3.07 bits per heavy atom. The molecule has 0 N–H and O–H groups in total. The fourth-order valence-electron chi connectivity index (χ4n) is 2.19. The molecule has 1 aliphatic carbocycles. The highest BCUT2D eigenvalue weighted by Crippen LogP contribution is 2.25. The van der Waals surface area contributed by atoms with Crippen molar-refractivity contribution in [2.45, 2.75) is 32.1 Å². The maximum Gasteiger partial charge on any atom is 0.133 e. The molecule has 0 radical (unpaired) electrons. The Bertz CT molecular complexity index is 364. The smallest absolute Gasteiger partial charge is 0.133 e. The first-order chi connectivity index (χ1) is 7.24. The van der Waals surface area contributed by atoms with Crippen molar-refractivity contribution in [3.63, 3.8) is 0 Å². The van der Waals surface area contributed by atoms with E-state index in [1.165, 1.54) is 12.0 Å². The maximum absolute atomic E-state index is 11.3. The molecule has 0 aliphatic heterocycles. The summed E-state index contributed by atoms with van der Waals surface area (Å²) in [5.74, 6) is 0.955. The van der Waals surface area contributed by atoms with Crippen LogP contribution in [-0.4, -0.2) is 10.8 Å². The van der Waals surface area contributed by atoms with Gasteiger partial charge in [-0.1, -0.05) is 0 Å². The van der Waals surface area contributed by atoms with Gasteiger partial charge < -0.3 is 0 Å². The Balaban J connectivity index is 1.99. The van der Waals surface area contributed by atoms with E-state index >= 15 is 0 Å². The lowest BCUT2D eigenvalue weighted by Crippen LogP contribution is -2.16. The second kappa shape index (κ2) is 4.88. The van der Waals surface area contributed by atoms with Crippen LogP contribution in [0.25, 0.3) is 0 Å². The SMILES string of the molecule is O=C1CCCC(Cc2cncc(Br)c2)C1. The minimum Gasteiger partial charge on any atom is -0.300 e. The Morgan fingerprint density at radius 1 is 1.47 bits per heavy atom. The van der Waals surface area contributed by atoms with Crippen LogP contribution in [-0.2, 0) is 11.2 Å². The second-order valence-electron chi connectivity index (χ2n) is 4.22. The summed E-state index contributed by atoms with van der Waals surface area (Å²) in [5, 5.41) is 0. The van der Waals surface area contributed by atoms with E-state index in [9.17, 15) is 4.79 Å². The summed E-state index contributed by atoms with van der Waals surface area (Å²) in [7, 11) is 0. The molecule has 1 atom stereocenters. The molecule has 3 heteroatoms. The number of hydrogen-bond donors (Lipinski definition) is 0. The van der Waals surface area contributed by atoms with Crippen molar-refractivity contribution in [2.24, 2.45) is 5.92 Å². The van der Waals surface area contributed by atoms with Crippen molar-refractivity contribution < 1.29 is 4.79 Å². The maximum atomic E-state index is 11.3. The van der Waals surface area contributed by atoms with E-state index in [1.54, 1.807) is 6.20 Å². The fraction of sp³-hybridized carbons (Fsp3) is 0.500. The van der Waals surface area contributed by atoms with E-state index < -0.39 is 0 Å². The number of ketones is 1. The number of hydrogen-bond acceptors (Lipinski definition) is 2. The topological polar surface area (TPSA) is 30.0 Å². The standard InChI is InChI=1S/C12H14BrNO/c13-11-5-10(7-14-8-11)4-9-2-1-3-12(15)6-9/h5,7-9H,1-4,6H2. The quantitative estimate of drug-likeness (QED) is 0.824. The fourth-order valence-corrected chi connectivity index (χ4v) is 2.60. The number of Topliss-reactive ketones (excluding diaryl/α,β-unsaturated/α-hetero) is 1. The molecule has 1 aliphatic rings. The van der Waals surface area contributed by atoms with Crippen LogP contribution in [0, 0.1) is 5.92 Å². The van der Waals surface area contributed by atoms with Crippen LogP contribution in [0.3, 0.4) is 0 Å². The van der Waals surface area contributed by atoms with E-state index in [0.717, 1.165) is 30.2 Å². The Labute approximate surface area is 98.2 Å². The summed E-state index contributed by atoms with van der Waals surface area (Å²) in [6.45, 7) is 0. The van der Waals surface area contributed by atoms with Crippen LogP contribution in [0.1, 0.15) is 31.2 Å². The number of pyridine rings is 1. The third kappa shape index (κ3) is 3.13. The van der Waals surface area contributed by atoms with Gasteiger partial charge in [-0.3, -0.25) is 9.78 Å². The molecule has 1 heterocycles. The molecule has 1 fully saturated rings. The molecule has 1 unspecified atom stereocenters. The van der Waals surface area contributed by atoms with Gasteiger partial charge in [0.1, 0.15) is 5.78 Å². The number of carbonyl (C=O) groups excluding carboxylic acids is 1. The molecular formula is C12H14BrNO.